The van der Waals surface area contributed by atoms with Crippen molar-refractivity contribution in [1.82, 2.24) is 0 Å². The fraction of sp³-hybridized carbons (Fsp3) is 0.550. The number of furan rings is 1. The van der Waals surface area contributed by atoms with Gasteiger partial charge in [-0.05, 0) is 43.9 Å². The number of rotatable bonds is 5. The number of benzene rings is 1. The van der Waals surface area contributed by atoms with E-state index in [2.05, 4.69) is 18.3 Å². The number of unbranched alkanes of at least 4 members (excludes halogenated alkanes) is 2. The Labute approximate surface area is 138 Å². The lowest BCUT2D eigenvalue weighted by atomic mass is 9.97. The molecule has 0 aliphatic heterocycles. The molecule has 2 aromatic rings. The molecule has 0 radical (unpaired) electrons. The van der Waals surface area contributed by atoms with E-state index in [0.29, 0.717) is 6.42 Å². The van der Waals surface area contributed by atoms with Crippen LogP contribution in [0.25, 0.3) is 11.0 Å². The number of hydrogen-bond donors (Lipinski definition) is 1. The molecule has 1 N–H and O–H groups in total. The molecule has 3 rings (SSSR count). The van der Waals surface area contributed by atoms with E-state index < -0.39 is 0 Å². The fourth-order valence-corrected chi connectivity index (χ4v) is 3.45. The highest BCUT2D eigenvalue weighted by atomic mass is 16.3. The normalized spacial score (nSPS) is 15.0. The number of anilines is 1. The molecule has 0 saturated carbocycles. The lowest BCUT2D eigenvalue weighted by molar-refractivity contribution is -0.116. The Morgan fingerprint density at radius 2 is 1.96 bits per heavy atom. The fourth-order valence-electron chi connectivity index (χ4n) is 3.45. The summed E-state index contributed by atoms with van der Waals surface area (Å²) in [6.07, 6.45) is 11.0. The minimum absolute atomic E-state index is 0.115. The summed E-state index contributed by atoms with van der Waals surface area (Å²) in [6, 6.07) is 6.05. The smallest absolute Gasteiger partial charge is 0.224 e. The van der Waals surface area contributed by atoms with Crippen molar-refractivity contribution in [2.75, 3.05) is 5.32 Å². The maximum absolute atomic E-state index is 12.0. The van der Waals surface area contributed by atoms with Crippen LogP contribution in [0.3, 0.4) is 0 Å². The van der Waals surface area contributed by atoms with E-state index in [1.807, 2.05) is 12.1 Å². The van der Waals surface area contributed by atoms with Crippen LogP contribution in [0.15, 0.2) is 22.6 Å². The molecule has 0 unspecified atom stereocenters. The van der Waals surface area contributed by atoms with Crippen molar-refractivity contribution in [3.63, 3.8) is 0 Å². The number of carbonyl (C=O) groups is 1. The molecular weight excluding hydrogens is 286 g/mol. The molecule has 0 bridgehead atoms. The SMILES string of the molecule is CCCCCC(=O)Nc1ccc2oc3c(c2c1)CCCCCC3. The molecule has 1 heterocycles. The van der Waals surface area contributed by atoms with Gasteiger partial charge in [0.25, 0.3) is 0 Å². The lowest BCUT2D eigenvalue weighted by Gasteiger charge is -2.08. The first-order chi connectivity index (χ1) is 11.3. The predicted octanol–water partition coefficient (Wildman–Crippen LogP) is 5.61. The summed E-state index contributed by atoms with van der Waals surface area (Å²) in [4.78, 5) is 12.0. The Balaban J connectivity index is 1.78. The Hall–Kier alpha value is -1.77. The van der Waals surface area contributed by atoms with Gasteiger partial charge in [-0.15, -0.1) is 0 Å². The maximum atomic E-state index is 12.0. The molecule has 1 aliphatic carbocycles. The Morgan fingerprint density at radius 3 is 2.78 bits per heavy atom. The highest BCUT2D eigenvalue weighted by molar-refractivity contribution is 5.94. The van der Waals surface area contributed by atoms with E-state index in [9.17, 15) is 4.79 Å². The second kappa shape index (κ2) is 7.67. The molecular formula is C20H27NO2. The van der Waals surface area contributed by atoms with E-state index >= 15 is 0 Å². The molecule has 1 aliphatic rings. The number of nitrogens with one attached hydrogen (secondary N) is 1. The van der Waals surface area contributed by atoms with Gasteiger partial charge in [0.15, 0.2) is 0 Å². The monoisotopic (exact) mass is 313 g/mol. The van der Waals surface area contributed by atoms with Gasteiger partial charge >= 0.3 is 0 Å². The number of carbonyl (C=O) groups excluding carboxylic acids is 1. The number of aryl methyl sites for hydroxylation is 2. The average Bonchev–Trinajstić information content (AvgIpc) is 2.84. The van der Waals surface area contributed by atoms with E-state index in [1.165, 1.54) is 36.6 Å². The summed E-state index contributed by atoms with van der Waals surface area (Å²) in [5.41, 5.74) is 3.22. The molecule has 3 heteroatoms. The van der Waals surface area contributed by atoms with Crippen LogP contribution in [0.2, 0.25) is 0 Å². The first kappa shape index (κ1) is 16.1. The predicted molar refractivity (Wildman–Crippen MR) is 94.9 cm³/mol. The van der Waals surface area contributed by atoms with Crippen LogP contribution in [0, 0.1) is 0 Å². The minimum Gasteiger partial charge on any atom is -0.461 e. The van der Waals surface area contributed by atoms with E-state index in [-0.39, 0.29) is 5.91 Å². The van der Waals surface area contributed by atoms with Crippen LogP contribution in [-0.4, -0.2) is 5.91 Å². The Kier molecular flexibility index (Phi) is 5.37. The molecule has 1 aromatic heterocycles. The van der Waals surface area contributed by atoms with Crippen LogP contribution < -0.4 is 5.32 Å². The lowest BCUT2D eigenvalue weighted by Crippen LogP contribution is -2.10. The molecule has 0 spiro atoms. The summed E-state index contributed by atoms with van der Waals surface area (Å²) < 4.78 is 6.05. The summed E-state index contributed by atoms with van der Waals surface area (Å²) in [6.45, 7) is 2.15. The van der Waals surface area contributed by atoms with Crippen molar-refractivity contribution in [2.24, 2.45) is 0 Å². The highest BCUT2D eigenvalue weighted by Gasteiger charge is 2.16. The largest absolute Gasteiger partial charge is 0.461 e. The van der Waals surface area contributed by atoms with Gasteiger partial charge in [-0.3, -0.25) is 4.79 Å². The zero-order valence-electron chi connectivity index (χ0n) is 14.1. The average molecular weight is 313 g/mol. The van der Waals surface area contributed by atoms with Crippen molar-refractivity contribution in [3.8, 4) is 0 Å². The second-order valence-corrected chi connectivity index (χ2v) is 6.63. The third-order valence-corrected chi connectivity index (χ3v) is 4.75. The van der Waals surface area contributed by atoms with Crippen LogP contribution in [-0.2, 0) is 17.6 Å². The van der Waals surface area contributed by atoms with Crippen LogP contribution in [0.5, 0.6) is 0 Å². The molecule has 0 saturated heterocycles. The van der Waals surface area contributed by atoms with Crippen LogP contribution in [0.4, 0.5) is 5.69 Å². The van der Waals surface area contributed by atoms with Crippen molar-refractivity contribution < 1.29 is 9.21 Å². The first-order valence-electron chi connectivity index (χ1n) is 9.12. The topological polar surface area (TPSA) is 42.2 Å². The van der Waals surface area contributed by atoms with E-state index in [4.69, 9.17) is 4.42 Å². The van der Waals surface area contributed by atoms with E-state index in [1.54, 1.807) is 0 Å². The maximum Gasteiger partial charge on any atom is 0.224 e. The first-order valence-corrected chi connectivity index (χ1v) is 9.12. The third-order valence-electron chi connectivity index (χ3n) is 4.75. The van der Waals surface area contributed by atoms with Gasteiger partial charge in [0.05, 0.1) is 0 Å². The zero-order valence-corrected chi connectivity index (χ0v) is 14.1. The molecule has 0 fully saturated rings. The third kappa shape index (κ3) is 3.95. The molecule has 0 atom stereocenters. The van der Waals surface area contributed by atoms with Crippen molar-refractivity contribution in [1.29, 1.82) is 0 Å². The van der Waals surface area contributed by atoms with Crippen LogP contribution >= 0.6 is 0 Å². The molecule has 1 amide bonds. The standard InChI is InChI=1S/C20H27NO2/c1-2-3-6-11-20(22)21-15-12-13-19-17(14-15)16-9-7-4-5-8-10-18(16)23-19/h12-14H,2-11H2,1H3,(H,21,22). The van der Waals surface area contributed by atoms with Gasteiger partial charge in [-0.25, -0.2) is 0 Å². The van der Waals surface area contributed by atoms with Crippen LogP contribution in [0.1, 0.15) is 69.6 Å². The summed E-state index contributed by atoms with van der Waals surface area (Å²) in [5, 5.41) is 4.23. The molecule has 23 heavy (non-hydrogen) atoms. The quantitative estimate of drug-likeness (QED) is 0.729. The Morgan fingerprint density at radius 1 is 1.13 bits per heavy atom. The zero-order chi connectivity index (χ0) is 16.1. The van der Waals surface area contributed by atoms with Crippen molar-refractivity contribution in [3.05, 3.63) is 29.5 Å². The Bertz CT molecular complexity index is 672. The van der Waals surface area contributed by atoms with Gasteiger partial charge in [0.1, 0.15) is 11.3 Å². The number of hydrogen-bond acceptors (Lipinski definition) is 2. The molecule has 3 nitrogen and oxygen atoms in total. The summed E-state index contributed by atoms with van der Waals surface area (Å²) >= 11 is 0. The van der Waals surface area contributed by atoms with Gasteiger partial charge in [-0.1, -0.05) is 32.6 Å². The summed E-state index contributed by atoms with van der Waals surface area (Å²) in [5.74, 6) is 1.27. The summed E-state index contributed by atoms with van der Waals surface area (Å²) in [7, 11) is 0. The van der Waals surface area contributed by atoms with Crippen molar-refractivity contribution in [2.45, 2.75) is 71.1 Å². The minimum atomic E-state index is 0.115. The van der Waals surface area contributed by atoms with E-state index in [0.717, 1.165) is 49.1 Å². The molecule has 1 aromatic carbocycles. The van der Waals surface area contributed by atoms with Gasteiger partial charge < -0.3 is 9.73 Å². The molecule has 124 valence electrons. The van der Waals surface area contributed by atoms with Crippen molar-refractivity contribution >= 4 is 22.6 Å². The number of amides is 1. The highest BCUT2D eigenvalue weighted by Crippen LogP contribution is 2.32. The van der Waals surface area contributed by atoms with Gasteiger partial charge in [0.2, 0.25) is 5.91 Å². The van der Waals surface area contributed by atoms with Gasteiger partial charge in [-0.2, -0.15) is 0 Å². The second-order valence-electron chi connectivity index (χ2n) is 6.63. The number of fused-ring (bicyclic) bond motifs is 3. The van der Waals surface area contributed by atoms with Gasteiger partial charge in [0, 0.05) is 29.5 Å².